The molecule has 2 rings (SSSR count). The third-order valence-electron chi connectivity index (χ3n) is 2.89. The van der Waals surface area contributed by atoms with Gasteiger partial charge in [0, 0.05) is 13.0 Å². The van der Waals surface area contributed by atoms with Crippen LogP contribution < -0.4 is 5.01 Å². The van der Waals surface area contributed by atoms with Crippen molar-refractivity contribution in [1.29, 1.82) is 5.26 Å². The molecule has 0 amide bonds. The smallest absolute Gasteiger partial charge is 0.354 e. The Kier molecular flexibility index (Phi) is 4.33. The summed E-state index contributed by atoms with van der Waals surface area (Å²) in [5, 5.41) is 14.8. The molecule has 0 saturated carbocycles. The molecule has 0 bridgehead atoms. The molecule has 20 heavy (non-hydrogen) atoms. The van der Waals surface area contributed by atoms with Crippen molar-refractivity contribution in [2.45, 2.75) is 19.6 Å². The Hall–Kier alpha value is -2.39. The molecule has 0 spiro atoms. The van der Waals surface area contributed by atoms with E-state index in [9.17, 15) is 4.79 Å². The van der Waals surface area contributed by atoms with Crippen molar-refractivity contribution >= 4 is 17.4 Å². The molecule has 1 heterocycles. The van der Waals surface area contributed by atoms with Crippen LogP contribution in [0, 0.1) is 11.3 Å². The highest BCUT2D eigenvalue weighted by molar-refractivity contribution is 6.37. The van der Waals surface area contributed by atoms with Crippen LogP contribution in [0.5, 0.6) is 0 Å². The molecular weight excluding hydrogens is 258 g/mol. The lowest BCUT2D eigenvalue weighted by Gasteiger charge is -2.23. The maximum absolute atomic E-state index is 11.6. The van der Waals surface area contributed by atoms with Crippen molar-refractivity contribution in [1.82, 2.24) is 0 Å². The number of carbonyl (C=O) groups is 1. The monoisotopic (exact) mass is 273 g/mol. The highest BCUT2D eigenvalue weighted by Crippen LogP contribution is 2.26. The molecule has 1 aromatic rings. The highest BCUT2D eigenvalue weighted by atomic mass is 16.5. The maximum atomic E-state index is 11.6. The molecule has 1 aromatic carbocycles. The summed E-state index contributed by atoms with van der Waals surface area (Å²) in [6, 6.07) is 9.07. The minimum absolute atomic E-state index is 0.313. The van der Waals surface area contributed by atoms with Gasteiger partial charge in [-0.25, -0.2) is 9.80 Å². The van der Waals surface area contributed by atoms with Crippen molar-refractivity contribution in [2.24, 2.45) is 5.10 Å². The van der Waals surface area contributed by atoms with Crippen LogP contribution in [0.4, 0.5) is 5.69 Å². The number of esters is 1. The van der Waals surface area contributed by atoms with Crippen molar-refractivity contribution < 1.29 is 14.3 Å². The van der Waals surface area contributed by atoms with E-state index in [4.69, 9.17) is 10.00 Å². The fourth-order valence-corrected chi connectivity index (χ4v) is 1.99. The van der Waals surface area contributed by atoms with E-state index in [2.05, 4.69) is 15.9 Å². The minimum atomic E-state index is -0.464. The summed E-state index contributed by atoms with van der Waals surface area (Å²) in [5.74, 6) is -0.464. The Balaban J connectivity index is 2.32. The fourth-order valence-electron chi connectivity index (χ4n) is 1.99. The van der Waals surface area contributed by atoms with Crippen LogP contribution in [0.25, 0.3) is 0 Å². The van der Waals surface area contributed by atoms with Crippen molar-refractivity contribution in [3.8, 4) is 6.07 Å². The molecule has 6 nitrogen and oxygen atoms in total. The van der Waals surface area contributed by atoms with Crippen LogP contribution in [-0.2, 0) is 14.3 Å². The first-order valence-electron chi connectivity index (χ1n) is 6.26. The summed E-state index contributed by atoms with van der Waals surface area (Å²) >= 11 is 0. The second kappa shape index (κ2) is 6.17. The second-order valence-electron chi connectivity index (χ2n) is 4.16. The maximum Gasteiger partial charge on any atom is 0.354 e. The third kappa shape index (κ3) is 2.78. The van der Waals surface area contributed by atoms with E-state index >= 15 is 0 Å². The van der Waals surface area contributed by atoms with E-state index in [0.717, 1.165) is 0 Å². The van der Waals surface area contributed by atoms with Crippen LogP contribution in [0.1, 0.15) is 18.9 Å². The predicted octanol–water partition coefficient (Wildman–Crippen LogP) is 1.66. The van der Waals surface area contributed by atoms with Gasteiger partial charge in [0.15, 0.2) is 11.9 Å². The number of anilines is 1. The molecule has 1 atom stereocenters. The second-order valence-corrected chi connectivity index (χ2v) is 4.16. The SMILES string of the molecule is CCOC1CC(C(=O)OC)=NN1c1cccc(C#N)c1. The lowest BCUT2D eigenvalue weighted by Crippen LogP contribution is -2.29. The Morgan fingerprint density at radius 3 is 3.05 bits per heavy atom. The van der Waals surface area contributed by atoms with Crippen molar-refractivity contribution in [3.05, 3.63) is 29.8 Å². The van der Waals surface area contributed by atoms with E-state index in [1.807, 2.05) is 13.0 Å². The number of ether oxygens (including phenoxy) is 2. The molecular formula is C14H15N3O3. The molecule has 1 aliphatic heterocycles. The summed E-state index contributed by atoms with van der Waals surface area (Å²) in [6.45, 7) is 2.38. The van der Waals surface area contributed by atoms with Gasteiger partial charge in [-0.15, -0.1) is 0 Å². The Morgan fingerprint density at radius 2 is 2.40 bits per heavy atom. The van der Waals surface area contributed by atoms with Gasteiger partial charge in [-0.2, -0.15) is 10.4 Å². The van der Waals surface area contributed by atoms with Gasteiger partial charge in [0.05, 0.1) is 24.4 Å². The molecule has 0 aromatic heterocycles. The summed E-state index contributed by atoms with van der Waals surface area (Å²) in [4.78, 5) is 11.6. The number of hydrogen-bond donors (Lipinski definition) is 0. The number of nitriles is 1. The first-order chi connectivity index (χ1) is 9.69. The van der Waals surface area contributed by atoms with E-state index in [0.29, 0.717) is 30.0 Å². The van der Waals surface area contributed by atoms with Gasteiger partial charge in [-0.3, -0.25) is 0 Å². The van der Waals surface area contributed by atoms with Gasteiger partial charge in [0.2, 0.25) is 0 Å². The normalized spacial score (nSPS) is 17.6. The number of methoxy groups -OCH3 is 1. The van der Waals surface area contributed by atoms with Crippen molar-refractivity contribution in [2.75, 3.05) is 18.7 Å². The largest absolute Gasteiger partial charge is 0.464 e. The lowest BCUT2D eigenvalue weighted by molar-refractivity contribution is -0.132. The summed E-state index contributed by atoms with van der Waals surface area (Å²) in [7, 11) is 1.32. The molecule has 0 aliphatic carbocycles. The van der Waals surface area contributed by atoms with E-state index in [-0.39, 0.29) is 6.23 Å². The molecule has 6 heteroatoms. The Labute approximate surface area is 117 Å². The van der Waals surface area contributed by atoms with Gasteiger partial charge in [-0.1, -0.05) is 6.07 Å². The number of hydrogen-bond acceptors (Lipinski definition) is 6. The third-order valence-corrected chi connectivity index (χ3v) is 2.89. The summed E-state index contributed by atoms with van der Waals surface area (Å²) in [5.41, 5.74) is 1.55. The molecule has 104 valence electrons. The number of carbonyl (C=O) groups excluding carboxylic acids is 1. The van der Waals surface area contributed by atoms with Crippen LogP contribution in [-0.4, -0.2) is 31.6 Å². The van der Waals surface area contributed by atoms with Crippen LogP contribution in [0.2, 0.25) is 0 Å². The summed E-state index contributed by atoms with van der Waals surface area (Å²) in [6.07, 6.45) is 0.000133. The lowest BCUT2D eigenvalue weighted by atomic mass is 10.2. The number of nitrogens with zero attached hydrogens (tertiary/aromatic N) is 3. The Bertz CT molecular complexity index is 577. The van der Waals surface area contributed by atoms with E-state index < -0.39 is 5.97 Å². The molecule has 0 N–H and O–H groups in total. The minimum Gasteiger partial charge on any atom is -0.464 e. The molecule has 0 radical (unpaired) electrons. The van der Waals surface area contributed by atoms with Gasteiger partial charge < -0.3 is 9.47 Å². The zero-order valence-corrected chi connectivity index (χ0v) is 11.4. The zero-order chi connectivity index (χ0) is 14.5. The average Bonchev–Trinajstić information content (AvgIpc) is 2.91. The molecule has 0 saturated heterocycles. The van der Waals surface area contributed by atoms with Crippen LogP contribution >= 0.6 is 0 Å². The average molecular weight is 273 g/mol. The summed E-state index contributed by atoms with van der Waals surface area (Å²) < 4.78 is 10.3. The van der Waals surface area contributed by atoms with Gasteiger partial charge in [0.1, 0.15) is 0 Å². The Morgan fingerprint density at radius 1 is 1.60 bits per heavy atom. The standard InChI is InChI=1S/C14H15N3O3/c1-3-20-13-8-12(14(18)19-2)16-17(13)11-6-4-5-10(7-11)9-15/h4-7,13H,3,8H2,1-2H3. The molecule has 1 unspecified atom stereocenters. The van der Waals surface area contributed by atoms with Crippen molar-refractivity contribution in [3.63, 3.8) is 0 Å². The number of benzene rings is 1. The van der Waals surface area contributed by atoms with Crippen LogP contribution in [0.15, 0.2) is 29.4 Å². The number of rotatable bonds is 4. The topological polar surface area (TPSA) is 74.9 Å². The zero-order valence-electron chi connectivity index (χ0n) is 11.4. The molecule has 1 aliphatic rings. The van der Waals surface area contributed by atoms with E-state index in [1.54, 1.807) is 23.2 Å². The van der Waals surface area contributed by atoms with E-state index in [1.165, 1.54) is 7.11 Å². The first kappa shape index (κ1) is 14.0. The van der Waals surface area contributed by atoms with Gasteiger partial charge >= 0.3 is 5.97 Å². The first-order valence-corrected chi connectivity index (χ1v) is 6.26. The molecule has 0 fully saturated rings. The van der Waals surface area contributed by atoms with Crippen LogP contribution in [0.3, 0.4) is 0 Å². The predicted molar refractivity (Wildman–Crippen MR) is 73.1 cm³/mol. The van der Waals surface area contributed by atoms with Gasteiger partial charge in [-0.05, 0) is 25.1 Å². The quantitative estimate of drug-likeness (QED) is 0.780. The highest BCUT2D eigenvalue weighted by Gasteiger charge is 2.32. The fraction of sp³-hybridized carbons (Fsp3) is 0.357. The van der Waals surface area contributed by atoms with Gasteiger partial charge in [0.25, 0.3) is 0 Å². The number of hydrazone groups is 1.